The zero-order chi connectivity index (χ0) is 12.6. The van der Waals surface area contributed by atoms with Crippen molar-refractivity contribution in [2.24, 2.45) is 5.41 Å². The molecule has 2 heteroatoms. The summed E-state index contributed by atoms with van der Waals surface area (Å²) in [6.07, 6.45) is 9.66. The number of rotatable bonds is 1. The van der Waals surface area contributed by atoms with E-state index in [9.17, 15) is 5.11 Å². The number of halogens is 1. The first-order valence-corrected chi connectivity index (χ1v) is 7.48. The fourth-order valence-corrected chi connectivity index (χ4v) is 4.08. The van der Waals surface area contributed by atoms with Crippen molar-refractivity contribution in [1.29, 1.82) is 0 Å². The third kappa shape index (κ3) is 2.19. The molecule has 0 bridgehead atoms. The molecule has 1 aromatic rings. The van der Waals surface area contributed by atoms with Crippen molar-refractivity contribution in [2.45, 2.75) is 57.0 Å². The topological polar surface area (TPSA) is 20.2 Å². The number of hydrogen-bond acceptors (Lipinski definition) is 1. The largest absolute Gasteiger partial charge is 0.385 e. The predicted octanol–water partition coefficient (Wildman–Crippen LogP) is 4.66. The highest BCUT2D eigenvalue weighted by atomic mass is 35.5. The molecule has 0 radical (unpaired) electrons. The van der Waals surface area contributed by atoms with Crippen molar-refractivity contribution in [3.05, 3.63) is 34.9 Å². The van der Waals surface area contributed by atoms with Gasteiger partial charge in [-0.25, -0.2) is 0 Å². The first kappa shape index (κ1) is 12.5. The second kappa shape index (κ2) is 4.54. The van der Waals surface area contributed by atoms with Gasteiger partial charge in [-0.2, -0.15) is 0 Å². The molecule has 0 heterocycles. The Morgan fingerprint density at radius 1 is 0.944 bits per heavy atom. The SMILES string of the molecule is OC1(c2cccc(Cl)c2)CCC2(CCCC2)CC1. The molecule has 2 aliphatic rings. The van der Waals surface area contributed by atoms with E-state index >= 15 is 0 Å². The van der Waals surface area contributed by atoms with E-state index in [1.54, 1.807) is 0 Å². The summed E-state index contributed by atoms with van der Waals surface area (Å²) in [4.78, 5) is 0. The smallest absolute Gasteiger partial charge is 0.0897 e. The molecule has 2 saturated carbocycles. The Hall–Kier alpha value is -0.530. The Balaban J connectivity index is 1.78. The van der Waals surface area contributed by atoms with Gasteiger partial charge in [-0.15, -0.1) is 0 Å². The highest BCUT2D eigenvalue weighted by Crippen LogP contribution is 2.53. The van der Waals surface area contributed by atoms with E-state index in [-0.39, 0.29) is 0 Å². The van der Waals surface area contributed by atoms with Crippen molar-refractivity contribution in [1.82, 2.24) is 0 Å². The summed E-state index contributed by atoms with van der Waals surface area (Å²) >= 11 is 6.04. The van der Waals surface area contributed by atoms with Crippen molar-refractivity contribution in [2.75, 3.05) is 0 Å². The van der Waals surface area contributed by atoms with E-state index in [4.69, 9.17) is 11.6 Å². The third-order valence-electron chi connectivity index (χ3n) is 5.16. The molecule has 1 spiro atoms. The van der Waals surface area contributed by atoms with Crippen molar-refractivity contribution < 1.29 is 5.11 Å². The zero-order valence-electron chi connectivity index (χ0n) is 10.8. The van der Waals surface area contributed by atoms with Gasteiger partial charge in [-0.3, -0.25) is 0 Å². The molecular formula is C16H21ClO. The molecule has 1 aromatic carbocycles. The van der Waals surface area contributed by atoms with E-state index in [1.807, 2.05) is 24.3 Å². The van der Waals surface area contributed by atoms with Crippen LogP contribution in [0.3, 0.4) is 0 Å². The molecule has 0 atom stereocenters. The van der Waals surface area contributed by atoms with Gasteiger partial charge in [0.15, 0.2) is 0 Å². The van der Waals surface area contributed by atoms with Crippen LogP contribution < -0.4 is 0 Å². The van der Waals surface area contributed by atoms with Gasteiger partial charge in [0.1, 0.15) is 0 Å². The summed E-state index contributed by atoms with van der Waals surface area (Å²) in [6.45, 7) is 0. The van der Waals surface area contributed by atoms with E-state index in [0.717, 1.165) is 23.4 Å². The molecule has 1 N–H and O–H groups in total. The highest BCUT2D eigenvalue weighted by molar-refractivity contribution is 6.30. The summed E-state index contributed by atoms with van der Waals surface area (Å²) in [5, 5.41) is 11.6. The van der Waals surface area contributed by atoms with Gasteiger partial charge in [-0.05, 0) is 61.6 Å². The molecule has 0 unspecified atom stereocenters. The van der Waals surface area contributed by atoms with Crippen molar-refractivity contribution in [3.63, 3.8) is 0 Å². The zero-order valence-corrected chi connectivity index (χ0v) is 11.5. The molecule has 0 saturated heterocycles. The summed E-state index contributed by atoms with van der Waals surface area (Å²) in [5.41, 5.74) is 0.923. The Labute approximate surface area is 114 Å². The van der Waals surface area contributed by atoms with Gasteiger partial charge in [0.05, 0.1) is 5.60 Å². The van der Waals surface area contributed by atoms with Crippen LogP contribution in [0.5, 0.6) is 0 Å². The normalized spacial score (nSPS) is 25.4. The Morgan fingerprint density at radius 2 is 1.61 bits per heavy atom. The lowest BCUT2D eigenvalue weighted by molar-refractivity contribution is -0.0376. The minimum absolute atomic E-state index is 0.560. The number of benzene rings is 1. The first-order chi connectivity index (χ1) is 8.62. The quantitative estimate of drug-likeness (QED) is 0.782. The summed E-state index contributed by atoms with van der Waals surface area (Å²) in [7, 11) is 0. The number of aliphatic hydroxyl groups is 1. The van der Waals surface area contributed by atoms with Crippen LogP contribution in [-0.2, 0) is 5.60 Å². The van der Waals surface area contributed by atoms with Crippen LogP contribution in [0.25, 0.3) is 0 Å². The van der Waals surface area contributed by atoms with E-state index in [0.29, 0.717) is 5.41 Å². The maximum atomic E-state index is 10.9. The first-order valence-electron chi connectivity index (χ1n) is 7.11. The van der Waals surface area contributed by atoms with Crippen LogP contribution in [-0.4, -0.2) is 5.11 Å². The molecule has 3 rings (SSSR count). The maximum Gasteiger partial charge on any atom is 0.0897 e. The Kier molecular flexibility index (Phi) is 3.15. The average molecular weight is 265 g/mol. The second-order valence-corrected chi connectivity index (χ2v) is 6.69. The van der Waals surface area contributed by atoms with Crippen LogP contribution in [0.15, 0.2) is 24.3 Å². The van der Waals surface area contributed by atoms with Gasteiger partial charge in [-0.1, -0.05) is 36.6 Å². The lowest BCUT2D eigenvalue weighted by atomic mass is 9.66. The summed E-state index contributed by atoms with van der Waals surface area (Å²) in [6, 6.07) is 7.75. The standard InChI is InChI=1S/C16H21ClO/c17-14-5-3-4-13(12-14)16(18)10-8-15(9-11-16)6-1-2-7-15/h3-5,12,18H,1-2,6-11H2. The van der Waals surface area contributed by atoms with Crippen LogP contribution in [0.1, 0.15) is 56.9 Å². The van der Waals surface area contributed by atoms with Crippen LogP contribution in [0.4, 0.5) is 0 Å². The minimum Gasteiger partial charge on any atom is -0.385 e. The minimum atomic E-state index is -0.640. The monoisotopic (exact) mass is 264 g/mol. The van der Waals surface area contributed by atoms with Gasteiger partial charge >= 0.3 is 0 Å². The number of hydrogen-bond donors (Lipinski definition) is 1. The maximum absolute atomic E-state index is 10.9. The molecular weight excluding hydrogens is 244 g/mol. The highest BCUT2D eigenvalue weighted by Gasteiger charge is 2.43. The van der Waals surface area contributed by atoms with Crippen LogP contribution >= 0.6 is 11.6 Å². The van der Waals surface area contributed by atoms with Gasteiger partial charge in [0.2, 0.25) is 0 Å². The predicted molar refractivity (Wildman–Crippen MR) is 74.7 cm³/mol. The summed E-state index contributed by atoms with van der Waals surface area (Å²) in [5.74, 6) is 0. The van der Waals surface area contributed by atoms with Crippen LogP contribution in [0.2, 0.25) is 5.02 Å². The molecule has 0 amide bonds. The summed E-state index contributed by atoms with van der Waals surface area (Å²) < 4.78 is 0. The molecule has 18 heavy (non-hydrogen) atoms. The average Bonchev–Trinajstić information content (AvgIpc) is 2.83. The van der Waals surface area contributed by atoms with E-state index in [2.05, 4.69) is 0 Å². The molecule has 0 aliphatic heterocycles. The van der Waals surface area contributed by atoms with E-state index in [1.165, 1.54) is 38.5 Å². The van der Waals surface area contributed by atoms with Crippen molar-refractivity contribution in [3.8, 4) is 0 Å². The Bertz CT molecular complexity index is 424. The van der Waals surface area contributed by atoms with Gasteiger partial charge in [0, 0.05) is 5.02 Å². The lowest BCUT2D eigenvalue weighted by Crippen LogP contribution is -2.35. The molecule has 2 fully saturated rings. The fourth-order valence-electron chi connectivity index (χ4n) is 3.89. The molecule has 2 aliphatic carbocycles. The Morgan fingerprint density at radius 3 is 2.22 bits per heavy atom. The third-order valence-corrected chi connectivity index (χ3v) is 5.40. The van der Waals surface area contributed by atoms with Gasteiger partial charge in [0.25, 0.3) is 0 Å². The molecule has 98 valence electrons. The molecule has 1 nitrogen and oxygen atoms in total. The lowest BCUT2D eigenvalue weighted by Gasteiger charge is -2.42. The molecule has 0 aromatic heterocycles. The fraction of sp³-hybridized carbons (Fsp3) is 0.625. The van der Waals surface area contributed by atoms with E-state index < -0.39 is 5.60 Å². The van der Waals surface area contributed by atoms with Gasteiger partial charge < -0.3 is 5.11 Å². The van der Waals surface area contributed by atoms with Crippen molar-refractivity contribution >= 4 is 11.6 Å². The second-order valence-electron chi connectivity index (χ2n) is 6.25. The van der Waals surface area contributed by atoms with Crippen LogP contribution in [0, 0.1) is 5.41 Å².